The summed E-state index contributed by atoms with van der Waals surface area (Å²) in [5.74, 6) is -0.200. The van der Waals surface area contributed by atoms with Crippen LogP contribution < -0.4 is 4.74 Å². The number of ether oxygens (including phenoxy) is 1. The molecule has 1 amide bonds. The summed E-state index contributed by atoms with van der Waals surface area (Å²) in [6.07, 6.45) is 2.23. The van der Waals surface area contributed by atoms with E-state index in [1.54, 1.807) is 24.3 Å². The summed E-state index contributed by atoms with van der Waals surface area (Å²) < 4.78 is 5.54. The van der Waals surface area contributed by atoms with Gasteiger partial charge in [-0.2, -0.15) is 0 Å². The lowest BCUT2D eigenvalue weighted by atomic mass is 9.92. The third-order valence-corrected chi connectivity index (χ3v) is 3.96. The Labute approximate surface area is 130 Å². The molecule has 0 spiro atoms. The smallest absolute Gasteiger partial charge is 0.326 e. The number of carboxylic acid groups (broad SMARTS) is 1. The Balaban J connectivity index is 2.17. The number of carbonyl (C=O) groups is 2. The monoisotopic (exact) mass is 305 g/mol. The standard InChI is InChI=1S/C17H23NO4/c1-3-9-22-14-6-4-5-13(11-14)16(19)18-8-7-12(2)10-15(18)17(20)21/h4-6,11-12,15H,3,7-10H2,1-2H3,(H,20,21). The molecule has 2 unspecified atom stereocenters. The molecule has 0 bridgehead atoms. The lowest BCUT2D eigenvalue weighted by Crippen LogP contribution is -2.49. The van der Waals surface area contributed by atoms with Gasteiger partial charge in [0.15, 0.2) is 0 Å². The van der Waals surface area contributed by atoms with Crippen molar-refractivity contribution in [3.05, 3.63) is 29.8 Å². The molecule has 2 atom stereocenters. The van der Waals surface area contributed by atoms with Crippen LogP contribution in [0.5, 0.6) is 5.75 Å². The molecule has 1 saturated heterocycles. The lowest BCUT2D eigenvalue weighted by Gasteiger charge is -2.36. The van der Waals surface area contributed by atoms with Crippen LogP contribution in [0.4, 0.5) is 0 Å². The lowest BCUT2D eigenvalue weighted by molar-refractivity contribution is -0.144. The zero-order valence-corrected chi connectivity index (χ0v) is 13.1. The highest BCUT2D eigenvalue weighted by atomic mass is 16.5. The first-order chi connectivity index (χ1) is 10.5. The molecule has 1 aliphatic heterocycles. The van der Waals surface area contributed by atoms with Crippen molar-refractivity contribution >= 4 is 11.9 Å². The molecule has 120 valence electrons. The molecule has 0 radical (unpaired) electrons. The Morgan fingerprint density at radius 3 is 2.86 bits per heavy atom. The van der Waals surface area contributed by atoms with Crippen molar-refractivity contribution in [3.63, 3.8) is 0 Å². The van der Waals surface area contributed by atoms with Crippen LogP contribution in [0.25, 0.3) is 0 Å². The highest BCUT2D eigenvalue weighted by molar-refractivity contribution is 5.97. The summed E-state index contributed by atoms with van der Waals surface area (Å²) >= 11 is 0. The molecule has 0 saturated carbocycles. The Morgan fingerprint density at radius 1 is 1.41 bits per heavy atom. The van der Waals surface area contributed by atoms with Crippen LogP contribution in [0, 0.1) is 5.92 Å². The topological polar surface area (TPSA) is 66.8 Å². The molecule has 1 heterocycles. The summed E-state index contributed by atoms with van der Waals surface area (Å²) in [5.41, 5.74) is 0.481. The number of aliphatic carboxylic acids is 1. The van der Waals surface area contributed by atoms with Crippen LogP contribution in [0.1, 0.15) is 43.5 Å². The van der Waals surface area contributed by atoms with Crippen molar-refractivity contribution in [2.75, 3.05) is 13.2 Å². The first-order valence-electron chi connectivity index (χ1n) is 7.79. The number of carboxylic acids is 1. The molecule has 5 heteroatoms. The van der Waals surface area contributed by atoms with Gasteiger partial charge in [-0.15, -0.1) is 0 Å². The van der Waals surface area contributed by atoms with Gasteiger partial charge in [-0.05, 0) is 43.4 Å². The number of hydrogen-bond donors (Lipinski definition) is 1. The van der Waals surface area contributed by atoms with Gasteiger partial charge < -0.3 is 14.7 Å². The molecule has 1 aromatic rings. The number of piperidine rings is 1. The molecule has 5 nitrogen and oxygen atoms in total. The maximum atomic E-state index is 12.7. The maximum absolute atomic E-state index is 12.7. The van der Waals surface area contributed by atoms with Gasteiger partial charge in [-0.3, -0.25) is 4.79 Å². The van der Waals surface area contributed by atoms with Crippen LogP contribution in [0.2, 0.25) is 0 Å². The van der Waals surface area contributed by atoms with E-state index in [1.165, 1.54) is 4.90 Å². The average molecular weight is 305 g/mol. The maximum Gasteiger partial charge on any atom is 0.326 e. The second-order valence-corrected chi connectivity index (χ2v) is 5.86. The number of likely N-dealkylation sites (tertiary alicyclic amines) is 1. The number of hydrogen-bond acceptors (Lipinski definition) is 3. The minimum absolute atomic E-state index is 0.235. The molecular weight excluding hydrogens is 282 g/mol. The van der Waals surface area contributed by atoms with Gasteiger partial charge in [-0.1, -0.05) is 19.9 Å². The van der Waals surface area contributed by atoms with Gasteiger partial charge in [0.05, 0.1) is 6.61 Å². The van der Waals surface area contributed by atoms with Crippen molar-refractivity contribution < 1.29 is 19.4 Å². The van der Waals surface area contributed by atoms with E-state index in [-0.39, 0.29) is 5.91 Å². The van der Waals surface area contributed by atoms with Crippen molar-refractivity contribution in [3.8, 4) is 5.75 Å². The quantitative estimate of drug-likeness (QED) is 0.908. The van der Waals surface area contributed by atoms with Crippen molar-refractivity contribution in [2.24, 2.45) is 5.92 Å². The number of nitrogens with zero attached hydrogens (tertiary/aromatic N) is 1. The van der Waals surface area contributed by atoms with E-state index in [9.17, 15) is 14.7 Å². The van der Waals surface area contributed by atoms with Crippen LogP contribution in [-0.2, 0) is 4.79 Å². The van der Waals surface area contributed by atoms with E-state index in [0.29, 0.717) is 36.8 Å². The molecule has 2 rings (SSSR count). The number of amides is 1. The molecule has 0 aliphatic carbocycles. The number of rotatable bonds is 5. The number of benzene rings is 1. The molecule has 1 fully saturated rings. The third-order valence-electron chi connectivity index (χ3n) is 3.96. The van der Waals surface area contributed by atoms with E-state index < -0.39 is 12.0 Å². The van der Waals surface area contributed by atoms with E-state index in [4.69, 9.17) is 4.74 Å². The van der Waals surface area contributed by atoms with Crippen molar-refractivity contribution in [2.45, 2.75) is 39.2 Å². The van der Waals surface area contributed by atoms with Gasteiger partial charge in [-0.25, -0.2) is 4.79 Å². The minimum atomic E-state index is -0.932. The largest absolute Gasteiger partial charge is 0.494 e. The van der Waals surface area contributed by atoms with Gasteiger partial charge in [0, 0.05) is 12.1 Å². The first kappa shape index (κ1) is 16.3. The van der Waals surface area contributed by atoms with Crippen LogP contribution >= 0.6 is 0 Å². The van der Waals surface area contributed by atoms with Crippen LogP contribution in [0.15, 0.2) is 24.3 Å². The van der Waals surface area contributed by atoms with E-state index in [0.717, 1.165) is 12.8 Å². The SMILES string of the molecule is CCCOc1cccc(C(=O)N2CCC(C)CC2C(=O)O)c1. The molecule has 1 aromatic carbocycles. The summed E-state index contributed by atoms with van der Waals surface area (Å²) in [6.45, 7) is 5.12. The number of carbonyl (C=O) groups excluding carboxylic acids is 1. The van der Waals surface area contributed by atoms with Crippen molar-refractivity contribution in [1.29, 1.82) is 0 Å². The Hall–Kier alpha value is -2.04. The zero-order chi connectivity index (χ0) is 16.1. The highest BCUT2D eigenvalue weighted by Crippen LogP contribution is 2.25. The predicted octanol–water partition coefficient (Wildman–Crippen LogP) is 2.80. The van der Waals surface area contributed by atoms with E-state index in [2.05, 4.69) is 0 Å². The molecule has 22 heavy (non-hydrogen) atoms. The second kappa shape index (κ2) is 7.29. The zero-order valence-electron chi connectivity index (χ0n) is 13.1. The normalized spacial score (nSPS) is 21.5. The third kappa shape index (κ3) is 3.78. The fourth-order valence-corrected chi connectivity index (χ4v) is 2.72. The van der Waals surface area contributed by atoms with E-state index in [1.807, 2.05) is 13.8 Å². The fraction of sp³-hybridized carbons (Fsp3) is 0.529. The summed E-state index contributed by atoms with van der Waals surface area (Å²) in [7, 11) is 0. The predicted molar refractivity (Wildman–Crippen MR) is 83.1 cm³/mol. The van der Waals surface area contributed by atoms with Gasteiger partial charge in [0.1, 0.15) is 11.8 Å². The van der Waals surface area contributed by atoms with Gasteiger partial charge >= 0.3 is 5.97 Å². The van der Waals surface area contributed by atoms with Crippen molar-refractivity contribution in [1.82, 2.24) is 4.90 Å². The fourth-order valence-electron chi connectivity index (χ4n) is 2.72. The summed E-state index contributed by atoms with van der Waals surface area (Å²) in [5, 5.41) is 9.37. The molecule has 1 N–H and O–H groups in total. The summed E-state index contributed by atoms with van der Waals surface area (Å²) in [4.78, 5) is 25.6. The first-order valence-corrected chi connectivity index (χ1v) is 7.79. The average Bonchev–Trinajstić information content (AvgIpc) is 2.52. The van der Waals surface area contributed by atoms with Crippen LogP contribution in [0.3, 0.4) is 0 Å². The Bertz CT molecular complexity index is 543. The van der Waals surface area contributed by atoms with Gasteiger partial charge in [0.25, 0.3) is 5.91 Å². The highest BCUT2D eigenvalue weighted by Gasteiger charge is 2.35. The molecular formula is C17H23NO4. The Kier molecular flexibility index (Phi) is 5.41. The Morgan fingerprint density at radius 2 is 2.18 bits per heavy atom. The molecule has 1 aliphatic rings. The van der Waals surface area contributed by atoms with Crippen LogP contribution in [-0.4, -0.2) is 41.1 Å². The summed E-state index contributed by atoms with van der Waals surface area (Å²) in [6, 6.07) is 6.23. The van der Waals surface area contributed by atoms with E-state index >= 15 is 0 Å². The van der Waals surface area contributed by atoms with Gasteiger partial charge in [0.2, 0.25) is 0 Å². The molecule has 0 aromatic heterocycles. The minimum Gasteiger partial charge on any atom is -0.494 e. The second-order valence-electron chi connectivity index (χ2n) is 5.86.